The molecule has 1 rings (SSSR count). The number of hydrogen-bond acceptors (Lipinski definition) is 4. The van der Waals surface area contributed by atoms with Gasteiger partial charge >= 0.3 is 0 Å². The monoisotopic (exact) mass is 240 g/mol. The Morgan fingerprint density at radius 2 is 2.06 bits per heavy atom. The zero-order valence-electron chi connectivity index (χ0n) is 8.75. The van der Waals surface area contributed by atoms with Crippen molar-refractivity contribution in [3.8, 4) is 0 Å². The van der Waals surface area contributed by atoms with E-state index in [2.05, 4.69) is 0 Å². The van der Waals surface area contributed by atoms with Gasteiger partial charge in [0.25, 0.3) is 5.69 Å². The molecule has 1 unspecified atom stereocenters. The summed E-state index contributed by atoms with van der Waals surface area (Å²) in [5, 5.41) is 10.1. The summed E-state index contributed by atoms with van der Waals surface area (Å²) in [6.45, 7) is 1.87. The lowest BCUT2D eigenvalue weighted by atomic mass is 10.3. The minimum Gasteiger partial charge on any atom is -0.369 e. The molecule has 0 aliphatic heterocycles. The number of carbonyl (C=O) groups is 1. The van der Waals surface area contributed by atoms with Crippen LogP contribution in [0.25, 0.3) is 0 Å². The highest BCUT2D eigenvalue weighted by Crippen LogP contribution is 2.26. The number of benzene rings is 1. The van der Waals surface area contributed by atoms with Crippen molar-refractivity contribution in [2.45, 2.75) is 23.5 Å². The molecule has 0 bridgehead atoms. The molecule has 6 heteroatoms. The van der Waals surface area contributed by atoms with Crippen LogP contribution < -0.4 is 5.73 Å². The third-order valence-electron chi connectivity index (χ3n) is 2.01. The van der Waals surface area contributed by atoms with E-state index in [4.69, 9.17) is 5.73 Å². The average molecular weight is 240 g/mol. The van der Waals surface area contributed by atoms with Crippen LogP contribution in [0.3, 0.4) is 0 Å². The first-order chi connectivity index (χ1) is 7.54. The Balaban J connectivity index is 2.75. The van der Waals surface area contributed by atoms with Gasteiger partial charge in [-0.3, -0.25) is 14.9 Å². The van der Waals surface area contributed by atoms with Crippen molar-refractivity contribution in [3.05, 3.63) is 34.4 Å². The van der Waals surface area contributed by atoms with Crippen molar-refractivity contribution < 1.29 is 9.72 Å². The molecule has 0 aromatic heterocycles. The van der Waals surface area contributed by atoms with Gasteiger partial charge in [-0.1, -0.05) is 6.92 Å². The lowest BCUT2D eigenvalue weighted by molar-refractivity contribution is -0.384. The van der Waals surface area contributed by atoms with Crippen LogP contribution in [0.2, 0.25) is 0 Å². The fourth-order valence-electron chi connectivity index (χ4n) is 1.15. The number of non-ortho nitro benzene ring substituents is 1. The number of nitrogens with two attached hydrogens (primary N) is 1. The van der Waals surface area contributed by atoms with Crippen LogP contribution in [-0.2, 0) is 4.79 Å². The van der Waals surface area contributed by atoms with Crippen molar-refractivity contribution in [2.24, 2.45) is 5.73 Å². The maximum atomic E-state index is 11.0. The summed E-state index contributed by atoms with van der Waals surface area (Å²) in [4.78, 5) is 21.8. The van der Waals surface area contributed by atoms with E-state index in [0.29, 0.717) is 6.42 Å². The molecule has 0 fully saturated rings. The molecule has 1 atom stereocenters. The second-order valence-electron chi connectivity index (χ2n) is 3.17. The van der Waals surface area contributed by atoms with Gasteiger partial charge in [0, 0.05) is 17.0 Å². The van der Waals surface area contributed by atoms with Crippen LogP contribution in [0.4, 0.5) is 5.69 Å². The summed E-state index contributed by atoms with van der Waals surface area (Å²) < 4.78 is 0. The Kier molecular flexibility index (Phi) is 4.30. The Hall–Kier alpha value is -1.56. The third kappa shape index (κ3) is 3.23. The predicted molar refractivity (Wildman–Crippen MR) is 62.2 cm³/mol. The van der Waals surface area contributed by atoms with Crippen LogP contribution in [0, 0.1) is 10.1 Å². The summed E-state index contributed by atoms with van der Waals surface area (Å²) in [6, 6.07) is 6.06. The van der Waals surface area contributed by atoms with Gasteiger partial charge < -0.3 is 5.73 Å². The van der Waals surface area contributed by atoms with Gasteiger partial charge in [-0.05, 0) is 18.6 Å². The first-order valence-corrected chi connectivity index (χ1v) is 5.63. The zero-order valence-corrected chi connectivity index (χ0v) is 9.57. The van der Waals surface area contributed by atoms with Gasteiger partial charge in [0.1, 0.15) is 0 Å². The van der Waals surface area contributed by atoms with Crippen LogP contribution >= 0.6 is 11.8 Å². The minimum atomic E-state index is -0.458. The second kappa shape index (κ2) is 5.50. The topological polar surface area (TPSA) is 86.2 Å². The number of nitro benzene ring substituents is 1. The SMILES string of the molecule is CCC(Sc1ccc([N+](=O)[O-])cc1)C(N)=O. The van der Waals surface area contributed by atoms with Crippen LogP contribution in [0.15, 0.2) is 29.2 Å². The van der Waals surface area contributed by atoms with Gasteiger partial charge in [-0.2, -0.15) is 0 Å². The zero-order chi connectivity index (χ0) is 12.1. The Bertz CT molecular complexity index is 392. The molecule has 0 radical (unpaired) electrons. The molecule has 0 heterocycles. The number of carbonyl (C=O) groups excluding carboxylic acids is 1. The van der Waals surface area contributed by atoms with Crippen LogP contribution in [0.1, 0.15) is 13.3 Å². The first kappa shape index (κ1) is 12.5. The molecule has 0 spiro atoms. The highest BCUT2D eigenvalue weighted by molar-refractivity contribution is 8.00. The molecule has 0 aliphatic carbocycles. The van der Waals surface area contributed by atoms with E-state index >= 15 is 0 Å². The third-order valence-corrected chi connectivity index (χ3v) is 3.41. The van der Waals surface area contributed by atoms with Gasteiger partial charge in [-0.15, -0.1) is 11.8 Å². The predicted octanol–water partition coefficient (Wildman–Crippen LogP) is 1.95. The summed E-state index contributed by atoms with van der Waals surface area (Å²) in [7, 11) is 0. The van der Waals surface area contributed by atoms with Gasteiger partial charge in [-0.25, -0.2) is 0 Å². The van der Waals surface area contributed by atoms with Crippen molar-refractivity contribution in [1.29, 1.82) is 0 Å². The fraction of sp³-hybridized carbons (Fsp3) is 0.300. The number of thioether (sulfide) groups is 1. The maximum Gasteiger partial charge on any atom is 0.269 e. The standard InChI is InChI=1S/C10H12N2O3S/c1-2-9(10(11)13)16-8-5-3-7(4-6-8)12(14)15/h3-6,9H,2H2,1H3,(H2,11,13). The molecular weight excluding hydrogens is 228 g/mol. The Labute approximate surface area is 97.2 Å². The molecule has 1 aromatic rings. The van der Waals surface area contributed by atoms with Crippen LogP contribution in [-0.4, -0.2) is 16.1 Å². The van der Waals surface area contributed by atoms with Crippen LogP contribution in [0.5, 0.6) is 0 Å². The first-order valence-electron chi connectivity index (χ1n) is 4.75. The van der Waals surface area contributed by atoms with Crippen molar-refractivity contribution in [1.82, 2.24) is 0 Å². The molecule has 1 aromatic carbocycles. The summed E-state index contributed by atoms with van der Waals surface area (Å²) >= 11 is 1.32. The quantitative estimate of drug-likeness (QED) is 0.484. The largest absolute Gasteiger partial charge is 0.369 e. The number of amides is 1. The fourth-order valence-corrected chi connectivity index (χ4v) is 2.06. The van der Waals surface area contributed by atoms with Gasteiger partial charge in [0.05, 0.1) is 10.2 Å². The molecule has 2 N–H and O–H groups in total. The molecule has 0 aliphatic rings. The number of nitro groups is 1. The minimum absolute atomic E-state index is 0.0384. The Morgan fingerprint density at radius 3 is 2.44 bits per heavy atom. The number of nitrogens with zero attached hydrogens (tertiary/aromatic N) is 1. The molecule has 0 saturated carbocycles. The highest BCUT2D eigenvalue weighted by atomic mass is 32.2. The van der Waals surface area contributed by atoms with Crippen molar-refractivity contribution in [3.63, 3.8) is 0 Å². The van der Waals surface area contributed by atoms with Crippen molar-refractivity contribution >= 4 is 23.4 Å². The number of rotatable bonds is 5. The van der Waals surface area contributed by atoms with E-state index < -0.39 is 4.92 Å². The normalized spacial score (nSPS) is 12.1. The van der Waals surface area contributed by atoms with E-state index in [9.17, 15) is 14.9 Å². The maximum absolute atomic E-state index is 11.0. The number of hydrogen-bond donors (Lipinski definition) is 1. The molecular formula is C10H12N2O3S. The summed E-state index contributed by atoms with van der Waals surface area (Å²) in [6.07, 6.45) is 0.636. The lowest BCUT2D eigenvalue weighted by Gasteiger charge is -2.09. The summed E-state index contributed by atoms with van der Waals surface area (Å²) in [5.74, 6) is -0.370. The smallest absolute Gasteiger partial charge is 0.269 e. The van der Waals surface area contributed by atoms with E-state index in [0.717, 1.165) is 4.90 Å². The van der Waals surface area contributed by atoms with E-state index in [1.165, 1.54) is 23.9 Å². The average Bonchev–Trinajstić information content (AvgIpc) is 2.26. The summed E-state index contributed by atoms with van der Waals surface area (Å²) in [5.41, 5.74) is 5.24. The Morgan fingerprint density at radius 1 is 1.50 bits per heavy atom. The van der Waals surface area contributed by atoms with Crippen molar-refractivity contribution in [2.75, 3.05) is 0 Å². The van der Waals surface area contributed by atoms with E-state index in [-0.39, 0.29) is 16.8 Å². The lowest BCUT2D eigenvalue weighted by Crippen LogP contribution is -2.24. The van der Waals surface area contributed by atoms with Gasteiger partial charge in [0.15, 0.2) is 0 Å². The molecule has 5 nitrogen and oxygen atoms in total. The number of primary amides is 1. The molecule has 86 valence electrons. The van der Waals surface area contributed by atoms with E-state index in [1.54, 1.807) is 12.1 Å². The molecule has 0 saturated heterocycles. The molecule has 1 amide bonds. The van der Waals surface area contributed by atoms with E-state index in [1.807, 2.05) is 6.92 Å². The second-order valence-corrected chi connectivity index (χ2v) is 4.44. The molecule has 16 heavy (non-hydrogen) atoms. The van der Waals surface area contributed by atoms with Gasteiger partial charge in [0.2, 0.25) is 5.91 Å². The highest BCUT2D eigenvalue weighted by Gasteiger charge is 2.14.